The zero-order valence-corrected chi connectivity index (χ0v) is 24.4. The number of anilines is 4. The third-order valence-corrected chi connectivity index (χ3v) is 8.40. The van der Waals surface area contributed by atoms with Crippen LogP contribution < -0.4 is 16.0 Å². The molecule has 0 spiro atoms. The molecule has 0 saturated heterocycles. The molecule has 44 heavy (non-hydrogen) atoms. The molecule has 0 fully saturated rings. The quantitative estimate of drug-likeness (QED) is 0.184. The van der Waals surface area contributed by atoms with Crippen molar-refractivity contribution in [1.82, 2.24) is 30.0 Å². The van der Waals surface area contributed by atoms with E-state index in [9.17, 15) is 22.5 Å². The Balaban J connectivity index is 1.61. The number of carbonyl (C=O) groups is 1. The van der Waals surface area contributed by atoms with Crippen LogP contribution in [0.25, 0.3) is 11.3 Å². The van der Waals surface area contributed by atoms with E-state index >= 15 is 4.39 Å². The van der Waals surface area contributed by atoms with E-state index in [2.05, 4.69) is 36.0 Å². The van der Waals surface area contributed by atoms with Crippen molar-refractivity contribution in [3.63, 3.8) is 0 Å². The summed E-state index contributed by atoms with van der Waals surface area (Å²) in [6, 6.07) is 6.80. The fraction of sp³-hybridized carbons (Fsp3) is 0.296. The fourth-order valence-corrected chi connectivity index (χ4v) is 6.06. The maximum atomic E-state index is 15.1. The zero-order valence-electron chi connectivity index (χ0n) is 23.5. The number of aromatic nitrogens is 5. The number of alkyl halides is 3. The predicted molar refractivity (Wildman–Crippen MR) is 152 cm³/mol. The van der Waals surface area contributed by atoms with E-state index < -0.39 is 36.9 Å². The molecular weight excluding hydrogens is 607 g/mol. The molecule has 3 N–H and O–H groups in total. The minimum Gasteiger partial charge on any atom is -0.354 e. The molecule has 7 heterocycles. The lowest BCUT2D eigenvalue weighted by atomic mass is 10.1. The number of pyridine rings is 1. The van der Waals surface area contributed by atoms with Crippen LogP contribution >= 0.6 is 7.60 Å². The second kappa shape index (κ2) is 12.7. The van der Waals surface area contributed by atoms with Gasteiger partial charge in [-0.05, 0) is 43.2 Å². The van der Waals surface area contributed by atoms with Crippen molar-refractivity contribution in [2.45, 2.75) is 32.2 Å². The van der Waals surface area contributed by atoms with E-state index in [0.29, 0.717) is 36.0 Å². The van der Waals surface area contributed by atoms with Gasteiger partial charge in [-0.1, -0.05) is 6.07 Å². The molecule has 232 valence electrons. The monoisotopic (exact) mass is 634 g/mol. The first-order chi connectivity index (χ1) is 21.0. The molecule has 3 aromatic heterocycles. The van der Waals surface area contributed by atoms with Gasteiger partial charge in [-0.3, -0.25) is 14.0 Å². The number of carbonyl (C=O) groups excluding carboxylic acids is 1. The van der Waals surface area contributed by atoms with Crippen LogP contribution in [0.1, 0.15) is 35.0 Å². The maximum absolute atomic E-state index is 15.1. The molecule has 0 radical (unpaired) electrons. The molecule has 1 amide bonds. The summed E-state index contributed by atoms with van der Waals surface area (Å²) in [5.41, 5.74) is -0.459. The van der Waals surface area contributed by atoms with Crippen LogP contribution in [0.5, 0.6) is 0 Å². The van der Waals surface area contributed by atoms with Crippen LogP contribution in [-0.2, 0) is 32.5 Å². The van der Waals surface area contributed by atoms with Gasteiger partial charge in [-0.15, -0.1) is 0 Å². The fourth-order valence-electron chi connectivity index (χ4n) is 4.36. The molecule has 12 nitrogen and oxygen atoms in total. The highest BCUT2D eigenvalue weighted by Crippen LogP contribution is 2.51. The number of hydrogen-bond acceptors (Lipinski definition) is 10. The normalized spacial score (nSPS) is 17.2. The third kappa shape index (κ3) is 7.04. The van der Waals surface area contributed by atoms with Gasteiger partial charge in [-0.25, -0.2) is 14.4 Å². The lowest BCUT2D eigenvalue weighted by molar-refractivity contribution is -0.137. The summed E-state index contributed by atoms with van der Waals surface area (Å²) in [7, 11) is -2.30. The molecule has 1 atom stereocenters. The molecule has 0 saturated carbocycles. The second-order valence-corrected chi connectivity index (χ2v) is 11.6. The van der Waals surface area contributed by atoms with Crippen LogP contribution in [0.4, 0.5) is 40.7 Å². The molecule has 4 aliphatic heterocycles. The third-order valence-electron chi connectivity index (χ3n) is 6.42. The van der Waals surface area contributed by atoms with E-state index in [4.69, 9.17) is 9.05 Å². The number of aryl methyl sites for hydroxylation is 1. The maximum Gasteiger partial charge on any atom is 0.421 e. The van der Waals surface area contributed by atoms with Gasteiger partial charge in [0.15, 0.2) is 5.69 Å². The Morgan fingerprint density at radius 3 is 2.68 bits per heavy atom. The number of benzene rings is 1. The van der Waals surface area contributed by atoms with Crippen molar-refractivity contribution in [2.24, 2.45) is 0 Å². The van der Waals surface area contributed by atoms with Gasteiger partial charge in [0.25, 0.3) is 5.91 Å². The predicted octanol–water partition coefficient (Wildman–Crippen LogP) is 5.89. The topological polar surface area (TPSA) is 145 Å². The molecule has 0 aliphatic carbocycles. The first-order valence-corrected chi connectivity index (χ1v) is 15.1. The summed E-state index contributed by atoms with van der Waals surface area (Å²) in [4.78, 5) is 24.8. The summed E-state index contributed by atoms with van der Waals surface area (Å²) in [6.07, 6.45) is -0.936. The molecular formula is C27H27F4N8O4P. The van der Waals surface area contributed by atoms with Crippen LogP contribution in [0, 0.1) is 5.82 Å². The van der Waals surface area contributed by atoms with Crippen molar-refractivity contribution in [3.8, 4) is 11.3 Å². The summed E-state index contributed by atoms with van der Waals surface area (Å²) >= 11 is 0. The molecule has 4 aliphatic rings. The van der Waals surface area contributed by atoms with Crippen LogP contribution in [0.2, 0.25) is 0 Å². The highest BCUT2D eigenvalue weighted by Gasteiger charge is 2.36. The molecule has 17 heteroatoms. The summed E-state index contributed by atoms with van der Waals surface area (Å²) in [5.74, 6) is -2.54. The van der Waals surface area contributed by atoms with E-state index in [0.717, 1.165) is 6.07 Å². The Bertz CT molecular complexity index is 1730. The molecule has 1 unspecified atom stereocenters. The highest BCUT2D eigenvalue weighted by molar-refractivity contribution is 7.53. The van der Waals surface area contributed by atoms with Gasteiger partial charge in [0, 0.05) is 31.5 Å². The van der Waals surface area contributed by atoms with Gasteiger partial charge < -0.3 is 25.0 Å². The molecule has 1 aromatic carbocycles. The first-order valence-electron chi connectivity index (χ1n) is 13.4. The van der Waals surface area contributed by atoms with E-state index in [1.54, 1.807) is 17.8 Å². The SMILES string of the molecule is CCOP1(=O)Cc2ccc(c(F)c2)Nc2ncc(C(F)(F)F)c(n2)Nc2ccc(nc2C(=O)NC)-c2cnn(c2)CCCO1. The first kappa shape index (κ1) is 31.0. The van der Waals surface area contributed by atoms with E-state index in [1.807, 2.05) is 0 Å². The van der Waals surface area contributed by atoms with E-state index in [-0.39, 0.29) is 42.4 Å². The van der Waals surface area contributed by atoms with Crippen molar-refractivity contribution >= 4 is 36.6 Å². The number of rotatable bonds is 3. The van der Waals surface area contributed by atoms with Crippen LogP contribution in [0.15, 0.2) is 48.9 Å². The number of hydrogen-bond donors (Lipinski definition) is 3. The van der Waals surface area contributed by atoms with Gasteiger partial charge in [0.05, 0.1) is 42.6 Å². The largest absolute Gasteiger partial charge is 0.421 e. The second-order valence-electron chi connectivity index (χ2n) is 9.56. The van der Waals surface area contributed by atoms with Gasteiger partial charge in [0.2, 0.25) is 5.95 Å². The van der Waals surface area contributed by atoms with Crippen molar-refractivity contribution in [1.29, 1.82) is 0 Å². The standard InChI is InChI=1S/C27H27F4N8O4P/c1-3-42-44(41)15-16-5-6-21(19(28)11-16)37-26-33-13-18(27(29,30)31)24(38-26)36-22-8-7-20(35-23(22)25(40)32-2)17-12-34-39(14-17)9-4-10-43-44/h5-8,11-14H,3-4,9-10,15H2,1-2H3,(H,32,40)(H2,33,36,37,38). The van der Waals surface area contributed by atoms with Crippen molar-refractivity contribution in [2.75, 3.05) is 30.9 Å². The van der Waals surface area contributed by atoms with Gasteiger partial charge in [0.1, 0.15) is 17.2 Å². The number of nitrogens with zero attached hydrogens (tertiary/aromatic N) is 5. The number of halogens is 4. The Labute approximate surface area is 248 Å². The van der Waals surface area contributed by atoms with Crippen molar-refractivity contribution in [3.05, 3.63) is 71.6 Å². The summed E-state index contributed by atoms with van der Waals surface area (Å²) < 4.78 is 83.0. The van der Waals surface area contributed by atoms with Crippen LogP contribution in [-0.4, -0.2) is 50.9 Å². The lowest BCUT2D eigenvalue weighted by Gasteiger charge is -2.19. The average molecular weight is 635 g/mol. The lowest BCUT2D eigenvalue weighted by Crippen LogP contribution is -2.21. The number of nitrogens with one attached hydrogen (secondary N) is 3. The minimum atomic E-state index is -4.87. The molecule has 8 bridgehead atoms. The Kier molecular flexibility index (Phi) is 8.95. The highest BCUT2D eigenvalue weighted by atomic mass is 31.2. The zero-order chi connectivity index (χ0) is 31.5. The molecule has 8 rings (SSSR count). The Morgan fingerprint density at radius 1 is 1.16 bits per heavy atom. The van der Waals surface area contributed by atoms with Crippen LogP contribution in [0.3, 0.4) is 0 Å². The number of amides is 1. The molecule has 4 aromatic rings. The van der Waals surface area contributed by atoms with Gasteiger partial charge in [-0.2, -0.15) is 23.3 Å². The Hall–Kier alpha value is -4.40. The summed E-state index contributed by atoms with van der Waals surface area (Å²) in [5, 5.41) is 11.8. The summed E-state index contributed by atoms with van der Waals surface area (Å²) in [6.45, 7) is 2.21. The Morgan fingerprint density at radius 2 is 1.95 bits per heavy atom. The minimum absolute atomic E-state index is 0.0656. The van der Waals surface area contributed by atoms with Crippen molar-refractivity contribution < 1.29 is 36.0 Å². The smallest absolute Gasteiger partial charge is 0.354 e. The average Bonchev–Trinajstić information content (AvgIpc) is 3.45. The van der Waals surface area contributed by atoms with E-state index in [1.165, 1.54) is 37.5 Å². The van der Waals surface area contributed by atoms with Gasteiger partial charge >= 0.3 is 13.8 Å².